The molecule has 1 aromatic carbocycles. The van der Waals surface area contributed by atoms with Gasteiger partial charge < -0.3 is 5.11 Å². The second-order valence-corrected chi connectivity index (χ2v) is 7.24. The number of nitrogens with one attached hydrogen (secondary N) is 1. The van der Waals surface area contributed by atoms with Gasteiger partial charge in [0.1, 0.15) is 0 Å². The van der Waals surface area contributed by atoms with Crippen LogP contribution in [0, 0.1) is 6.92 Å². The Balaban J connectivity index is 2.34. The first-order chi connectivity index (χ1) is 9.46. The van der Waals surface area contributed by atoms with Crippen molar-refractivity contribution in [3.8, 4) is 0 Å². The van der Waals surface area contributed by atoms with Gasteiger partial charge >= 0.3 is 0 Å². The number of hydrogen-bond acceptors (Lipinski definition) is 5. The molecular weight excluding hydrogens is 296 g/mol. The van der Waals surface area contributed by atoms with Gasteiger partial charge in [-0.05, 0) is 36.6 Å². The van der Waals surface area contributed by atoms with E-state index in [0.29, 0.717) is 10.7 Å². The summed E-state index contributed by atoms with van der Waals surface area (Å²) in [6.45, 7) is 3.64. The van der Waals surface area contributed by atoms with Gasteiger partial charge in [-0.25, -0.2) is 13.4 Å². The van der Waals surface area contributed by atoms with E-state index in [1.165, 1.54) is 17.4 Å². The molecule has 0 aliphatic heterocycles. The van der Waals surface area contributed by atoms with E-state index >= 15 is 0 Å². The van der Waals surface area contributed by atoms with Crippen molar-refractivity contribution in [1.82, 2.24) is 4.98 Å². The van der Waals surface area contributed by atoms with Crippen molar-refractivity contribution < 1.29 is 13.5 Å². The van der Waals surface area contributed by atoms with Crippen molar-refractivity contribution in [3.63, 3.8) is 0 Å². The van der Waals surface area contributed by atoms with E-state index in [-0.39, 0.29) is 11.5 Å². The molecule has 0 unspecified atom stereocenters. The molecule has 0 radical (unpaired) electrons. The minimum absolute atomic E-state index is 0.131. The van der Waals surface area contributed by atoms with Crippen LogP contribution in [0.1, 0.15) is 22.9 Å². The second kappa shape index (κ2) is 5.90. The van der Waals surface area contributed by atoms with E-state index in [9.17, 15) is 13.5 Å². The molecule has 108 valence electrons. The predicted octanol–water partition coefficient (Wildman–Crippen LogP) is 2.31. The summed E-state index contributed by atoms with van der Waals surface area (Å²) in [7, 11) is -3.67. The number of thiazole rings is 1. The maximum Gasteiger partial charge on any atom is 0.263 e. The number of anilines is 1. The highest BCUT2D eigenvalue weighted by atomic mass is 32.2. The zero-order valence-corrected chi connectivity index (χ0v) is 12.9. The van der Waals surface area contributed by atoms with Crippen LogP contribution in [-0.4, -0.2) is 18.5 Å². The van der Waals surface area contributed by atoms with Gasteiger partial charge in [-0.15, -0.1) is 11.3 Å². The molecule has 0 saturated carbocycles. The summed E-state index contributed by atoms with van der Waals surface area (Å²) in [4.78, 5) is 5.04. The van der Waals surface area contributed by atoms with E-state index in [2.05, 4.69) is 9.71 Å². The average Bonchev–Trinajstić information content (AvgIpc) is 2.82. The molecule has 5 nitrogen and oxygen atoms in total. The van der Waals surface area contributed by atoms with Gasteiger partial charge in [0.15, 0.2) is 5.13 Å². The lowest BCUT2D eigenvalue weighted by Gasteiger charge is -2.09. The standard InChI is InChI=1S/C13H16N2O3S2/c1-3-10-4-5-12(6-11(10)8-16)20(17,18)15-13-14-7-9(2)19-13/h4-7,16H,3,8H2,1-2H3,(H,14,15). The van der Waals surface area contributed by atoms with Gasteiger partial charge in [-0.1, -0.05) is 13.0 Å². The molecule has 0 bridgehead atoms. The molecule has 0 saturated heterocycles. The summed E-state index contributed by atoms with van der Waals surface area (Å²) in [5, 5.41) is 9.65. The van der Waals surface area contributed by atoms with Crippen LogP contribution in [0.2, 0.25) is 0 Å². The fourth-order valence-corrected chi connectivity index (χ4v) is 3.79. The van der Waals surface area contributed by atoms with Gasteiger partial charge in [-0.3, -0.25) is 4.72 Å². The Morgan fingerprint density at radius 1 is 1.35 bits per heavy atom. The highest BCUT2D eigenvalue weighted by molar-refractivity contribution is 7.93. The smallest absolute Gasteiger partial charge is 0.263 e. The number of aromatic nitrogens is 1. The van der Waals surface area contributed by atoms with Crippen LogP contribution >= 0.6 is 11.3 Å². The topological polar surface area (TPSA) is 79.3 Å². The monoisotopic (exact) mass is 312 g/mol. The third-order valence-electron chi connectivity index (χ3n) is 2.88. The van der Waals surface area contributed by atoms with Gasteiger partial charge in [0.05, 0.1) is 11.5 Å². The predicted molar refractivity (Wildman–Crippen MR) is 79.4 cm³/mol. The minimum Gasteiger partial charge on any atom is -0.392 e. The van der Waals surface area contributed by atoms with Crippen LogP contribution in [0.4, 0.5) is 5.13 Å². The van der Waals surface area contributed by atoms with Crippen LogP contribution in [0.3, 0.4) is 0 Å². The highest BCUT2D eigenvalue weighted by Crippen LogP contribution is 2.22. The number of nitrogens with zero attached hydrogens (tertiary/aromatic N) is 1. The van der Waals surface area contributed by atoms with Gasteiger partial charge in [0, 0.05) is 11.1 Å². The van der Waals surface area contributed by atoms with Crippen molar-refractivity contribution in [2.45, 2.75) is 31.8 Å². The number of aliphatic hydroxyl groups excluding tert-OH is 1. The molecule has 0 aliphatic carbocycles. The maximum absolute atomic E-state index is 12.3. The van der Waals surface area contributed by atoms with E-state index in [4.69, 9.17) is 0 Å². The number of hydrogen-bond donors (Lipinski definition) is 2. The van der Waals surface area contributed by atoms with E-state index in [1.54, 1.807) is 18.3 Å². The Kier molecular flexibility index (Phi) is 4.42. The lowest BCUT2D eigenvalue weighted by Crippen LogP contribution is -2.13. The van der Waals surface area contributed by atoms with Gasteiger partial charge in [0.25, 0.3) is 10.0 Å². The number of rotatable bonds is 5. The molecule has 2 aromatic rings. The fraction of sp³-hybridized carbons (Fsp3) is 0.308. The van der Waals surface area contributed by atoms with Crippen LogP contribution < -0.4 is 4.72 Å². The van der Waals surface area contributed by atoms with Crippen molar-refractivity contribution in [1.29, 1.82) is 0 Å². The van der Waals surface area contributed by atoms with E-state index in [1.807, 2.05) is 13.8 Å². The van der Waals surface area contributed by atoms with Crippen LogP contribution in [0.25, 0.3) is 0 Å². The molecule has 0 atom stereocenters. The molecule has 1 heterocycles. The maximum atomic E-state index is 12.3. The number of sulfonamides is 1. The summed E-state index contributed by atoms with van der Waals surface area (Å²) >= 11 is 1.28. The fourth-order valence-electron chi connectivity index (χ4n) is 1.84. The Morgan fingerprint density at radius 2 is 2.10 bits per heavy atom. The molecule has 20 heavy (non-hydrogen) atoms. The van der Waals surface area contributed by atoms with E-state index < -0.39 is 10.0 Å². The van der Waals surface area contributed by atoms with Crippen LogP contribution in [0.5, 0.6) is 0 Å². The summed E-state index contributed by atoms with van der Waals surface area (Å²) in [5.74, 6) is 0. The minimum atomic E-state index is -3.67. The second-order valence-electron chi connectivity index (χ2n) is 4.32. The SMILES string of the molecule is CCc1ccc(S(=O)(=O)Nc2ncc(C)s2)cc1CO. The summed E-state index contributed by atoms with van der Waals surface area (Å²) in [6.07, 6.45) is 2.36. The normalized spacial score (nSPS) is 11.6. The molecule has 0 aliphatic rings. The molecule has 0 fully saturated rings. The molecule has 0 amide bonds. The third-order valence-corrected chi connectivity index (χ3v) is 5.18. The van der Waals surface area contributed by atoms with Crippen LogP contribution in [0.15, 0.2) is 29.3 Å². The molecule has 1 aromatic heterocycles. The number of benzene rings is 1. The lowest BCUT2D eigenvalue weighted by atomic mass is 10.1. The Labute approximate surface area is 122 Å². The largest absolute Gasteiger partial charge is 0.392 e. The van der Waals surface area contributed by atoms with Crippen molar-refractivity contribution in [3.05, 3.63) is 40.4 Å². The van der Waals surface area contributed by atoms with Crippen molar-refractivity contribution >= 4 is 26.5 Å². The first-order valence-corrected chi connectivity index (χ1v) is 8.44. The first-order valence-electron chi connectivity index (χ1n) is 6.14. The summed E-state index contributed by atoms with van der Waals surface area (Å²) in [6, 6.07) is 4.77. The molecule has 2 rings (SSSR count). The molecule has 7 heteroatoms. The van der Waals surface area contributed by atoms with E-state index in [0.717, 1.165) is 16.9 Å². The molecule has 2 N–H and O–H groups in total. The molecular formula is C13H16N2O3S2. The lowest BCUT2D eigenvalue weighted by molar-refractivity contribution is 0.280. The summed E-state index contributed by atoms with van der Waals surface area (Å²) < 4.78 is 26.9. The van der Waals surface area contributed by atoms with Crippen LogP contribution in [-0.2, 0) is 23.1 Å². The zero-order valence-electron chi connectivity index (χ0n) is 11.3. The molecule has 0 spiro atoms. The Hall–Kier alpha value is -1.44. The highest BCUT2D eigenvalue weighted by Gasteiger charge is 2.17. The Bertz CT molecular complexity index is 708. The van der Waals surface area contributed by atoms with Gasteiger partial charge in [0.2, 0.25) is 0 Å². The summed E-state index contributed by atoms with van der Waals surface area (Å²) in [5.41, 5.74) is 1.57. The Morgan fingerprint density at radius 3 is 2.65 bits per heavy atom. The third kappa shape index (κ3) is 3.17. The average molecular weight is 312 g/mol. The first kappa shape index (κ1) is 15.0. The quantitative estimate of drug-likeness (QED) is 0.888. The van der Waals surface area contributed by atoms with Crippen molar-refractivity contribution in [2.24, 2.45) is 0 Å². The van der Waals surface area contributed by atoms with Crippen molar-refractivity contribution in [2.75, 3.05) is 4.72 Å². The number of aliphatic hydroxyl groups is 1. The van der Waals surface area contributed by atoms with Gasteiger partial charge in [-0.2, -0.15) is 0 Å². The zero-order chi connectivity index (χ0) is 14.8. The number of aryl methyl sites for hydroxylation is 2.